The van der Waals surface area contributed by atoms with Crippen LogP contribution in [0.5, 0.6) is 0 Å². The molecule has 1 amide bonds. The van der Waals surface area contributed by atoms with E-state index in [0.717, 1.165) is 25.8 Å². The summed E-state index contributed by atoms with van der Waals surface area (Å²) in [7, 11) is 0. The van der Waals surface area contributed by atoms with E-state index in [-0.39, 0.29) is 11.9 Å². The summed E-state index contributed by atoms with van der Waals surface area (Å²) in [5.74, 6) is 0.822. The minimum absolute atomic E-state index is 0.250. The van der Waals surface area contributed by atoms with Crippen molar-refractivity contribution in [1.29, 1.82) is 0 Å². The monoisotopic (exact) mass is 279 g/mol. The van der Waals surface area contributed by atoms with Crippen LogP contribution >= 0.6 is 11.6 Å². The van der Waals surface area contributed by atoms with Crippen LogP contribution in [0.25, 0.3) is 0 Å². The Morgan fingerprint density at radius 1 is 1.42 bits per heavy atom. The Hall–Kier alpha value is -1.02. The van der Waals surface area contributed by atoms with Crippen LogP contribution in [0.15, 0.2) is 24.3 Å². The number of hydrogen-bond donors (Lipinski definition) is 0. The topological polar surface area (TPSA) is 20.3 Å². The van der Waals surface area contributed by atoms with Gasteiger partial charge in [0.25, 0.3) is 0 Å². The number of aryl methyl sites for hydroxylation is 2. The van der Waals surface area contributed by atoms with Gasteiger partial charge in [0.2, 0.25) is 5.91 Å². The van der Waals surface area contributed by atoms with Crippen molar-refractivity contribution in [3.05, 3.63) is 35.4 Å². The number of alkyl halides is 1. The van der Waals surface area contributed by atoms with Gasteiger partial charge in [-0.15, -0.1) is 11.6 Å². The fourth-order valence-electron chi connectivity index (χ4n) is 2.75. The Morgan fingerprint density at radius 2 is 2.26 bits per heavy atom. The van der Waals surface area contributed by atoms with Crippen molar-refractivity contribution < 1.29 is 4.79 Å². The third-order valence-corrected chi connectivity index (χ3v) is 4.19. The van der Waals surface area contributed by atoms with E-state index in [1.807, 2.05) is 4.90 Å². The lowest BCUT2D eigenvalue weighted by Crippen LogP contribution is -2.44. The molecule has 1 unspecified atom stereocenters. The van der Waals surface area contributed by atoms with Crippen LogP contribution in [0.4, 0.5) is 0 Å². The molecule has 1 aromatic rings. The number of benzene rings is 1. The first-order chi connectivity index (χ1) is 9.20. The Bertz CT molecular complexity index is 433. The van der Waals surface area contributed by atoms with Crippen molar-refractivity contribution >= 4 is 17.5 Å². The molecule has 3 heteroatoms. The van der Waals surface area contributed by atoms with E-state index < -0.39 is 0 Å². The predicted octanol–water partition coefficient (Wildman–Crippen LogP) is 3.55. The Labute approximate surface area is 120 Å². The molecular weight excluding hydrogens is 258 g/mol. The smallest absolute Gasteiger partial charge is 0.223 e. The van der Waals surface area contributed by atoms with Crippen LogP contribution in [0.2, 0.25) is 0 Å². The van der Waals surface area contributed by atoms with Gasteiger partial charge in [0.15, 0.2) is 0 Å². The fraction of sp³-hybridized carbons (Fsp3) is 0.562. The summed E-state index contributed by atoms with van der Waals surface area (Å²) < 4.78 is 0. The van der Waals surface area contributed by atoms with E-state index in [2.05, 4.69) is 31.2 Å². The standard InChI is InChI=1S/C16H22ClNO/c1-13-5-4-6-14(11-13)8-9-16(19)18-10-3-2-7-15(18)12-17/h4-6,11,15H,2-3,7-10,12H2,1H3. The van der Waals surface area contributed by atoms with Gasteiger partial charge in [-0.05, 0) is 38.2 Å². The predicted molar refractivity (Wildman–Crippen MR) is 79.6 cm³/mol. The number of amides is 1. The van der Waals surface area contributed by atoms with Gasteiger partial charge in [0.1, 0.15) is 0 Å². The first kappa shape index (κ1) is 14.4. The second-order valence-electron chi connectivity index (χ2n) is 5.38. The van der Waals surface area contributed by atoms with Crippen molar-refractivity contribution in [1.82, 2.24) is 4.90 Å². The molecule has 1 aliphatic heterocycles. The first-order valence-electron chi connectivity index (χ1n) is 7.11. The van der Waals surface area contributed by atoms with Crippen LogP contribution in [0.1, 0.15) is 36.8 Å². The van der Waals surface area contributed by atoms with Crippen LogP contribution in [0, 0.1) is 6.92 Å². The lowest BCUT2D eigenvalue weighted by molar-refractivity contribution is -0.134. The van der Waals surface area contributed by atoms with Gasteiger partial charge in [-0.25, -0.2) is 0 Å². The number of hydrogen-bond acceptors (Lipinski definition) is 1. The van der Waals surface area contributed by atoms with E-state index in [9.17, 15) is 4.79 Å². The highest BCUT2D eigenvalue weighted by Gasteiger charge is 2.25. The molecule has 0 radical (unpaired) electrons. The van der Waals surface area contributed by atoms with Gasteiger partial charge in [-0.1, -0.05) is 29.8 Å². The van der Waals surface area contributed by atoms with Crippen LogP contribution < -0.4 is 0 Å². The molecule has 1 aromatic carbocycles. The minimum Gasteiger partial charge on any atom is -0.339 e. The maximum absolute atomic E-state index is 12.3. The molecule has 1 fully saturated rings. The van der Waals surface area contributed by atoms with Gasteiger partial charge in [-0.3, -0.25) is 4.79 Å². The van der Waals surface area contributed by atoms with Crippen molar-refractivity contribution in [2.24, 2.45) is 0 Å². The average Bonchev–Trinajstić information content (AvgIpc) is 2.45. The Balaban J connectivity index is 1.89. The molecule has 0 bridgehead atoms. The Kier molecular flexibility index (Phi) is 5.26. The van der Waals surface area contributed by atoms with Gasteiger partial charge in [-0.2, -0.15) is 0 Å². The summed E-state index contributed by atoms with van der Waals surface area (Å²) in [6.45, 7) is 2.96. The van der Waals surface area contributed by atoms with Crippen molar-refractivity contribution in [3.63, 3.8) is 0 Å². The zero-order valence-electron chi connectivity index (χ0n) is 11.6. The van der Waals surface area contributed by atoms with Gasteiger partial charge >= 0.3 is 0 Å². The zero-order valence-corrected chi connectivity index (χ0v) is 12.3. The normalized spacial score (nSPS) is 19.5. The highest BCUT2D eigenvalue weighted by atomic mass is 35.5. The molecule has 0 aliphatic carbocycles. The Morgan fingerprint density at radius 3 is 3.00 bits per heavy atom. The molecule has 104 valence electrons. The maximum atomic E-state index is 12.3. The zero-order chi connectivity index (χ0) is 13.7. The number of rotatable bonds is 4. The molecule has 1 aliphatic rings. The third kappa shape index (κ3) is 3.97. The highest BCUT2D eigenvalue weighted by Crippen LogP contribution is 2.19. The number of halogens is 1. The molecular formula is C16H22ClNO. The van der Waals surface area contributed by atoms with E-state index in [1.54, 1.807) is 0 Å². The molecule has 0 aromatic heterocycles. The summed E-state index contributed by atoms with van der Waals surface area (Å²) in [6, 6.07) is 8.63. The van der Waals surface area contributed by atoms with Gasteiger partial charge in [0.05, 0.1) is 0 Å². The summed E-state index contributed by atoms with van der Waals surface area (Å²) >= 11 is 5.96. The number of nitrogens with zero attached hydrogens (tertiary/aromatic N) is 1. The molecule has 19 heavy (non-hydrogen) atoms. The van der Waals surface area contributed by atoms with Crippen LogP contribution in [0.3, 0.4) is 0 Å². The minimum atomic E-state index is 0.250. The third-order valence-electron chi connectivity index (χ3n) is 3.84. The van der Waals surface area contributed by atoms with Crippen molar-refractivity contribution in [3.8, 4) is 0 Å². The van der Waals surface area contributed by atoms with E-state index in [4.69, 9.17) is 11.6 Å². The first-order valence-corrected chi connectivity index (χ1v) is 7.65. The molecule has 2 nitrogen and oxygen atoms in total. The van der Waals surface area contributed by atoms with E-state index in [1.165, 1.54) is 17.5 Å². The second kappa shape index (κ2) is 6.95. The number of piperidine rings is 1. The molecule has 1 heterocycles. The average molecular weight is 280 g/mol. The molecule has 2 rings (SSSR count). The lowest BCUT2D eigenvalue weighted by atomic mass is 10.0. The van der Waals surface area contributed by atoms with Crippen LogP contribution in [-0.4, -0.2) is 29.3 Å². The highest BCUT2D eigenvalue weighted by molar-refractivity contribution is 6.18. The van der Waals surface area contributed by atoms with E-state index >= 15 is 0 Å². The lowest BCUT2D eigenvalue weighted by Gasteiger charge is -2.34. The summed E-state index contributed by atoms with van der Waals surface area (Å²) in [6.07, 6.45) is 4.78. The largest absolute Gasteiger partial charge is 0.339 e. The molecule has 1 saturated heterocycles. The SMILES string of the molecule is Cc1cccc(CCC(=O)N2CCCCC2CCl)c1. The quantitative estimate of drug-likeness (QED) is 0.772. The van der Waals surface area contributed by atoms with Crippen LogP contribution in [-0.2, 0) is 11.2 Å². The number of carbonyl (C=O) groups is 1. The van der Waals surface area contributed by atoms with Crippen molar-refractivity contribution in [2.75, 3.05) is 12.4 Å². The van der Waals surface area contributed by atoms with Gasteiger partial charge < -0.3 is 4.90 Å². The molecule has 0 saturated carbocycles. The maximum Gasteiger partial charge on any atom is 0.223 e. The number of likely N-dealkylation sites (tertiary alicyclic amines) is 1. The fourth-order valence-corrected chi connectivity index (χ4v) is 3.07. The summed E-state index contributed by atoms with van der Waals surface area (Å²) in [5.41, 5.74) is 2.49. The summed E-state index contributed by atoms with van der Waals surface area (Å²) in [5, 5.41) is 0. The number of carbonyl (C=O) groups excluding carboxylic acids is 1. The molecule has 0 spiro atoms. The molecule has 0 N–H and O–H groups in total. The molecule has 1 atom stereocenters. The second-order valence-corrected chi connectivity index (χ2v) is 5.69. The summed E-state index contributed by atoms with van der Waals surface area (Å²) in [4.78, 5) is 14.3. The van der Waals surface area contributed by atoms with Gasteiger partial charge in [0, 0.05) is 24.9 Å². The van der Waals surface area contributed by atoms with Crippen molar-refractivity contribution in [2.45, 2.75) is 45.1 Å². The van der Waals surface area contributed by atoms with E-state index in [0.29, 0.717) is 12.3 Å².